The zero-order valence-electron chi connectivity index (χ0n) is 10.1. The van der Waals surface area contributed by atoms with Crippen LogP contribution in [0.25, 0.3) is 0 Å². The largest absolute Gasteiger partial charge is 0.378 e. The Balaban J connectivity index is 2.02. The van der Waals surface area contributed by atoms with Gasteiger partial charge in [-0.25, -0.2) is 9.97 Å². The van der Waals surface area contributed by atoms with E-state index in [1.54, 1.807) is 12.4 Å². The van der Waals surface area contributed by atoms with E-state index in [1.807, 2.05) is 32.3 Å². The van der Waals surface area contributed by atoms with Crippen LogP contribution < -0.4 is 10.2 Å². The van der Waals surface area contributed by atoms with E-state index in [4.69, 9.17) is 0 Å². The van der Waals surface area contributed by atoms with E-state index < -0.39 is 0 Å². The van der Waals surface area contributed by atoms with Crippen molar-refractivity contribution < 1.29 is 0 Å². The highest BCUT2D eigenvalue weighted by Gasteiger charge is 1.98. The van der Waals surface area contributed by atoms with Crippen LogP contribution in [0.5, 0.6) is 0 Å². The van der Waals surface area contributed by atoms with Gasteiger partial charge in [-0.3, -0.25) is 0 Å². The lowest BCUT2D eigenvalue weighted by Gasteiger charge is -2.14. The lowest BCUT2D eigenvalue weighted by atomic mass is 10.2. The Bertz CT molecular complexity index is 468. The van der Waals surface area contributed by atoms with Crippen LogP contribution >= 0.6 is 0 Å². The van der Waals surface area contributed by atoms with E-state index in [2.05, 4.69) is 32.3 Å². The number of aromatic nitrogens is 2. The highest BCUT2D eigenvalue weighted by Crippen LogP contribution is 2.17. The van der Waals surface area contributed by atoms with E-state index in [0.29, 0.717) is 6.54 Å². The molecule has 0 aliphatic carbocycles. The Hall–Kier alpha value is -2.10. The minimum atomic E-state index is 0.637. The van der Waals surface area contributed by atoms with Crippen molar-refractivity contribution >= 4 is 11.4 Å². The van der Waals surface area contributed by atoms with Crippen molar-refractivity contribution in [3.63, 3.8) is 0 Å². The number of rotatable bonds is 4. The second kappa shape index (κ2) is 5.30. The molecule has 0 atom stereocenters. The summed E-state index contributed by atoms with van der Waals surface area (Å²) in [5.74, 6) is 0.794. The summed E-state index contributed by atoms with van der Waals surface area (Å²) in [4.78, 5) is 10.4. The smallest absolute Gasteiger partial charge is 0.147 e. The number of hydrogen-bond donors (Lipinski definition) is 1. The van der Waals surface area contributed by atoms with Crippen molar-refractivity contribution in [2.75, 3.05) is 24.3 Å². The molecule has 1 heterocycles. The minimum absolute atomic E-state index is 0.637. The Kier molecular flexibility index (Phi) is 3.55. The molecule has 0 aliphatic rings. The van der Waals surface area contributed by atoms with Crippen molar-refractivity contribution in [1.82, 2.24) is 9.97 Å². The summed E-state index contributed by atoms with van der Waals surface area (Å²) in [6.07, 6.45) is 3.50. The van der Waals surface area contributed by atoms with Gasteiger partial charge in [-0.15, -0.1) is 0 Å². The lowest BCUT2D eigenvalue weighted by Crippen LogP contribution is -2.09. The molecule has 88 valence electrons. The van der Waals surface area contributed by atoms with E-state index in [9.17, 15) is 0 Å². The summed E-state index contributed by atoms with van der Waals surface area (Å²) < 4.78 is 0. The van der Waals surface area contributed by atoms with E-state index in [0.717, 1.165) is 11.5 Å². The van der Waals surface area contributed by atoms with Gasteiger partial charge >= 0.3 is 0 Å². The average Bonchev–Trinajstić information content (AvgIpc) is 2.38. The number of nitrogens with one attached hydrogen (secondary N) is 1. The summed E-state index contributed by atoms with van der Waals surface area (Å²) in [7, 11) is 4.05. The molecule has 4 nitrogen and oxygen atoms in total. The third kappa shape index (κ3) is 3.17. The van der Waals surface area contributed by atoms with Gasteiger partial charge in [0.05, 0.1) is 6.54 Å². The molecule has 1 N–H and O–H groups in total. The standard InChI is InChI=1S/C13H16N4/c1-17(2)12-6-3-5-11(9-12)16-10-13-14-7-4-8-15-13/h3-9,16H,10H2,1-2H3. The van der Waals surface area contributed by atoms with Gasteiger partial charge in [-0.1, -0.05) is 6.07 Å². The van der Waals surface area contributed by atoms with Crippen molar-refractivity contribution in [3.8, 4) is 0 Å². The minimum Gasteiger partial charge on any atom is -0.378 e. The second-order valence-corrected chi connectivity index (χ2v) is 3.96. The van der Waals surface area contributed by atoms with E-state index >= 15 is 0 Å². The highest BCUT2D eigenvalue weighted by molar-refractivity contribution is 5.57. The Morgan fingerprint density at radius 1 is 1.12 bits per heavy atom. The maximum Gasteiger partial charge on any atom is 0.147 e. The number of benzene rings is 1. The normalized spacial score (nSPS) is 10.0. The summed E-state index contributed by atoms with van der Waals surface area (Å²) in [5.41, 5.74) is 2.24. The number of hydrogen-bond acceptors (Lipinski definition) is 4. The summed E-state index contributed by atoms with van der Waals surface area (Å²) in [6, 6.07) is 10.1. The molecule has 0 bridgehead atoms. The van der Waals surface area contributed by atoms with Gasteiger partial charge in [-0.05, 0) is 24.3 Å². The molecule has 2 aromatic rings. The number of anilines is 2. The zero-order valence-corrected chi connectivity index (χ0v) is 10.1. The van der Waals surface area contributed by atoms with Gasteiger partial charge in [0.1, 0.15) is 5.82 Å². The topological polar surface area (TPSA) is 41.0 Å². The maximum absolute atomic E-state index is 4.17. The van der Waals surface area contributed by atoms with Crippen LogP contribution in [0.1, 0.15) is 5.82 Å². The molecule has 1 aromatic carbocycles. The van der Waals surface area contributed by atoms with Crippen LogP contribution in [0.3, 0.4) is 0 Å². The van der Waals surface area contributed by atoms with Crippen LogP contribution in [0.15, 0.2) is 42.7 Å². The Morgan fingerprint density at radius 3 is 2.59 bits per heavy atom. The van der Waals surface area contributed by atoms with Crippen molar-refractivity contribution in [2.45, 2.75) is 6.54 Å². The fraction of sp³-hybridized carbons (Fsp3) is 0.231. The van der Waals surface area contributed by atoms with Gasteiger partial charge in [0.15, 0.2) is 0 Å². The molecule has 0 amide bonds. The molecule has 2 rings (SSSR count). The zero-order chi connectivity index (χ0) is 12.1. The molecule has 17 heavy (non-hydrogen) atoms. The predicted molar refractivity (Wildman–Crippen MR) is 70.1 cm³/mol. The van der Waals surface area contributed by atoms with Crippen LogP contribution in [0.2, 0.25) is 0 Å². The SMILES string of the molecule is CN(C)c1cccc(NCc2ncccn2)c1. The fourth-order valence-corrected chi connectivity index (χ4v) is 1.50. The monoisotopic (exact) mass is 228 g/mol. The summed E-state index contributed by atoms with van der Waals surface area (Å²) >= 11 is 0. The maximum atomic E-state index is 4.17. The van der Waals surface area contributed by atoms with E-state index in [1.165, 1.54) is 5.69 Å². The van der Waals surface area contributed by atoms with Gasteiger partial charge in [0, 0.05) is 37.9 Å². The van der Waals surface area contributed by atoms with Gasteiger partial charge in [0.25, 0.3) is 0 Å². The molecule has 4 heteroatoms. The molecule has 0 unspecified atom stereocenters. The first-order chi connectivity index (χ1) is 8.25. The molecule has 0 fully saturated rings. The molecule has 0 aliphatic heterocycles. The van der Waals surface area contributed by atoms with E-state index in [-0.39, 0.29) is 0 Å². The van der Waals surface area contributed by atoms with Crippen molar-refractivity contribution in [1.29, 1.82) is 0 Å². The fourth-order valence-electron chi connectivity index (χ4n) is 1.50. The first-order valence-corrected chi connectivity index (χ1v) is 5.53. The highest BCUT2D eigenvalue weighted by atomic mass is 15.1. The molecular formula is C13H16N4. The Morgan fingerprint density at radius 2 is 1.88 bits per heavy atom. The van der Waals surface area contributed by atoms with Gasteiger partial charge < -0.3 is 10.2 Å². The Labute approximate surface area is 101 Å². The van der Waals surface area contributed by atoms with Crippen LogP contribution in [-0.4, -0.2) is 24.1 Å². The van der Waals surface area contributed by atoms with Crippen LogP contribution in [0.4, 0.5) is 11.4 Å². The molecule has 0 saturated carbocycles. The lowest BCUT2D eigenvalue weighted by molar-refractivity contribution is 0.948. The van der Waals surface area contributed by atoms with Gasteiger partial charge in [0.2, 0.25) is 0 Å². The number of nitrogens with zero attached hydrogens (tertiary/aromatic N) is 3. The first kappa shape index (κ1) is 11.4. The predicted octanol–water partition coefficient (Wildman–Crippen LogP) is 2.15. The quantitative estimate of drug-likeness (QED) is 0.870. The molecule has 0 spiro atoms. The van der Waals surface area contributed by atoms with Crippen LogP contribution in [-0.2, 0) is 6.54 Å². The third-order valence-electron chi connectivity index (χ3n) is 2.43. The van der Waals surface area contributed by atoms with Crippen molar-refractivity contribution in [3.05, 3.63) is 48.5 Å². The summed E-state index contributed by atoms with van der Waals surface area (Å²) in [6.45, 7) is 0.637. The molecule has 0 radical (unpaired) electrons. The molecular weight excluding hydrogens is 212 g/mol. The molecule has 1 aromatic heterocycles. The summed E-state index contributed by atoms with van der Waals surface area (Å²) in [5, 5.41) is 3.30. The first-order valence-electron chi connectivity index (χ1n) is 5.53. The second-order valence-electron chi connectivity index (χ2n) is 3.96. The third-order valence-corrected chi connectivity index (χ3v) is 2.43. The van der Waals surface area contributed by atoms with Gasteiger partial charge in [-0.2, -0.15) is 0 Å². The average molecular weight is 228 g/mol. The van der Waals surface area contributed by atoms with Crippen LogP contribution in [0, 0.1) is 0 Å². The van der Waals surface area contributed by atoms with Crippen molar-refractivity contribution in [2.24, 2.45) is 0 Å². The molecule has 0 saturated heterocycles.